The van der Waals surface area contributed by atoms with Gasteiger partial charge in [-0.25, -0.2) is 0 Å². The molecule has 0 bridgehead atoms. The molecule has 1 aliphatic rings. The van der Waals surface area contributed by atoms with Crippen molar-refractivity contribution in [3.8, 4) is 5.75 Å². The van der Waals surface area contributed by atoms with Crippen LogP contribution in [0, 0.1) is 0 Å². The van der Waals surface area contributed by atoms with E-state index in [1.807, 2.05) is 0 Å². The lowest BCUT2D eigenvalue weighted by molar-refractivity contribution is -0.137. The second kappa shape index (κ2) is 10.7. The first kappa shape index (κ1) is 20.2. The van der Waals surface area contributed by atoms with Gasteiger partial charge in [-0.2, -0.15) is 0 Å². The van der Waals surface area contributed by atoms with E-state index < -0.39 is 5.97 Å². The molecule has 2 aromatic carbocycles. The summed E-state index contributed by atoms with van der Waals surface area (Å²) in [5.41, 5.74) is 5.47. The summed E-state index contributed by atoms with van der Waals surface area (Å²) in [5.74, 6) is 0.271. The fraction of sp³-hybridized carbons (Fsp3) is 0.400. The number of hydrogen-bond acceptors (Lipinski definition) is 2. The molecule has 0 fully saturated rings. The molecule has 0 unspecified atom stereocenters. The summed E-state index contributed by atoms with van der Waals surface area (Å²) in [6, 6.07) is 17.0. The van der Waals surface area contributed by atoms with E-state index in [1.54, 1.807) is 0 Å². The molecule has 1 aliphatic carbocycles. The highest BCUT2D eigenvalue weighted by Crippen LogP contribution is 2.29. The molecule has 0 saturated carbocycles. The summed E-state index contributed by atoms with van der Waals surface area (Å²) in [6.45, 7) is 0.760. The molecule has 0 radical (unpaired) electrons. The van der Waals surface area contributed by atoms with Crippen molar-refractivity contribution in [3.05, 3.63) is 70.8 Å². The molecule has 0 heterocycles. The monoisotopic (exact) mass is 378 g/mol. The van der Waals surface area contributed by atoms with Gasteiger partial charge < -0.3 is 9.84 Å². The zero-order valence-corrected chi connectivity index (χ0v) is 16.5. The minimum absolute atomic E-state index is 0.274. The van der Waals surface area contributed by atoms with Crippen molar-refractivity contribution in [1.82, 2.24) is 0 Å². The summed E-state index contributed by atoms with van der Waals surface area (Å²) < 4.78 is 5.96. The average Bonchev–Trinajstić information content (AvgIpc) is 2.71. The summed E-state index contributed by atoms with van der Waals surface area (Å²) in [6.07, 6.45) is 10.7. The first-order valence-corrected chi connectivity index (χ1v) is 10.4. The van der Waals surface area contributed by atoms with Crippen LogP contribution in [-0.4, -0.2) is 17.7 Å². The fourth-order valence-corrected chi connectivity index (χ4v) is 3.71. The second-order valence-corrected chi connectivity index (χ2v) is 7.56. The number of aryl methyl sites for hydroxylation is 2. The van der Waals surface area contributed by atoms with Crippen molar-refractivity contribution < 1.29 is 14.6 Å². The van der Waals surface area contributed by atoms with Gasteiger partial charge in [0.05, 0.1) is 6.61 Å². The summed E-state index contributed by atoms with van der Waals surface area (Å²) in [5, 5.41) is 8.72. The number of carboxylic acid groups (broad SMARTS) is 1. The zero-order chi connectivity index (χ0) is 19.6. The first-order chi connectivity index (χ1) is 13.7. The van der Waals surface area contributed by atoms with Crippen LogP contribution in [0.4, 0.5) is 0 Å². The molecular weight excluding hydrogens is 348 g/mol. The second-order valence-electron chi connectivity index (χ2n) is 7.56. The number of unbranched alkanes of at least 4 members (excludes halogenated alkanes) is 2. The molecule has 148 valence electrons. The highest BCUT2D eigenvalue weighted by atomic mass is 16.5. The van der Waals surface area contributed by atoms with Crippen LogP contribution in [0.5, 0.6) is 5.75 Å². The molecule has 0 atom stereocenters. The summed E-state index contributed by atoms with van der Waals surface area (Å²) >= 11 is 0. The van der Waals surface area contributed by atoms with Gasteiger partial charge in [-0.15, -0.1) is 0 Å². The van der Waals surface area contributed by atoms with Gasteiger partial charge in [0, 0.05) is 6.42 Å². The van der Waals surface area contributed by atoms with E-state index in [2.05, 4.69) is 54.6 Å². The number of carboxylic acids is 1. The average molecular weight is 379 g/mol. The maximum Gasteiger partial charge on any atom is 0.303 e. The minimum atomic E-state index is -0.699. The topological polar surface area (TPSA) is 46.5 Å². The number of allylic oxidation sites excluding steroid dienone is 1. The molecule has 1 N–H and O–H groups in total. The normalized spacial score (nSPS) is 12.9. The molecule has 0 aromatic heterocycles. The number of rotatable bonds is 11. The number of ether oxygens (including phenoxy) is 1. The molecule has 2 aromatic rings. The Morgan fingerprint density at radius 1 is 0.929 bits per heavy atom. The molecule has 28 heavy (non-hydrogen) atoms. The minimum Gasteiger partial charge on any atom is -0.494 e. The number of benzene rings is 2. The van der Waals surface area contributed by atoms with Crippen LogP contribution in [0.2, 0.25) is 0 Å². The van der Waals surface area contributed by atoms with Crippen LogP contribution in [0.3, 0.4) is 0 Å². The summed E-state index contributed by atoms with van der Waals surface area (Å²) in [7, 11) is 0. The maximum atomic E-state index is 10.6. The molecular formula is C25H30O3. The Bertz CT molecular complexity index is 793. The third kappa shape index (κ3) is 6.56. The molecule has 3 nitrogen and oxygen atoms in total. The zero-order valence-electron chi connectivity index (χ0n) is 16.5. The van der Waals surface area contributed by atoms with Crippen LogP contribution in [0.15, 0.2) is 54.1 Å². The number of carbonyl (C=O) groups is 1. The predicted octanol–water partition coefficient (Wildman–Crippen LogP) is 6.06. The Labute approximate surface area is 168 Å². The maximum absolute atomic E-state index is 10.6. The smallest absolute Gasteiger partial charge is 0.303 e. The SMILES string of the molecule is O=C(O)CCCCC1=Cc2ccc(OCCCCc3ccccc3)cc2CC1. The predicted molar refractivity (Wildman–Crippen MR) is 114 cm³/mol. The number of hydrogen-bond donors (Lipinski definition) is 1. The van der Waals surface area contributed by atoms with Crippen molar-refractivity contribution in [3.63, 3.8) is 0 Å². The fourth-order valence-electron chi connectivity index (χ4n) is 3.71. The van der Waals surface area contributed by atoms with Gasteiger partial charge in [0.1, 0.15) is 5.75 Å². The van der Waals surface area contributed by atoms with E-state index in [0.717, 1.165) is 63.7 Å². The molecule has 0 aliphatic heterocycles. The third-order valence-electron chi connectivity index (χ3n) is 5.30. The van der Waals surface area contributed by atoms with E-state index in [0.29, 0.717) is 0 Å². The quantitative estimate of drug-likeness (QED) is 0.483. The van der Waals surface area contributed by atoms with E-state index in [4.69, 9.17) is 9.84 Å². The van der Waals surface area contributed by atoms with Gasteiger partial charge in [0.25, 0.3) is 0 Å². The van der Waals surface area contributed by atoms with Crippen LogP contribution in [0.25, 0.3) is 6.08 Å². The van der Waals surface area contributed by atoms with E-state index in [9.17, 15) is 4.79 Å². The Kier molecular flexibility index (Phi) is 7.71. The first-order valence-electron chi connectivity index (χ1n) is 10.4. The molecule has 0 amide bonds. The largest absolute Gasteiger partial charge is 0.494 e. The lowest BCUT2D eigenvalue weighted by atomic mass is 9.89. The van der Waals surface area contributed by atoms with Crippen LogP contribution < -0.4 is 4.74 Å². The third-order valence-corrected chi connectivity index (χ3v) is 5.30. The van der Waals surface area contributed by atoms with Crippen molar-refractivity contribution in [1.29, 1.82) is 0 Å². The lowest BCUT2D eigenvalue weighted by Crippen LogP contribution is -2.03. The lowest BCUT2D eigenvalue weighted by Gasteiger charge is -2.18. The van der Waals surface area contributed by atoms with E-state index in [1.165, 1.54) is 22.3 Å². The van der Waals surface area contributed by atoms with Gasteiger partial charge >= 0.3 is 5.97 Å². The van der Waals surface area contributed by atoms with Gasteiger partial charge in [-0.05, 0) is 80.2 Å². The number of aliphatic carboxylic acids is 1. The van der Waals surface area contributed by atoms with Crippen LogP contribution >= 0.6 is 0 Å². The van der Waals surface area contributed by atoms with E-state index in [-0.39, 0.29) is 6.42 Å². The standard InChI is InChI=1S/C25H30O3/c26-25(27)12-5-4-11-21-13-14-23-19-24(16-15-22(23)18-21)28-17-7-6-10-20-8-2-1-3-9-20/h1-3,8-9,15-16,18-19H,4-7,10-14,17H2,(H,26,27). The Hall–Kier alpha value is -2.55. The highest BCUT2D eigenvalue weighted by Gasteiger charge is 2.11. The molecule has 0 spiro atoms. The Morgan fingerprint density at radius 2 is 1.75 bits per heavy atom. The van der Waals surface area contributed by atoms with Gasteiger partial charge in [0.15, 0.2) is 0 Å². The van der Waals surface area contributed by atoms with Crippen molar-refractivity contribution in [2.24, 2.45) is 0 Å². The Morgan fingerprint density at radius 3 is 2.57 bits per heavy atom. The molecule has 3 rings (SSSR count). The summed E-state index contributed by atoms with van der Waals surface area (Å²) in [4.78, 5) is 10.6. The molecule has 3 heteroatoms. The Balaban J connectivity index is 1.41. The van der Waals surface area contributed by atoms with Gasteiger partial charge in [0.2, 0.25) is 0 Å². The van der Waals surface area contributed by atoms with Crippen LogP contribution in [0.1, 0.15) is 61.6 Å². The van der Waals surface area contributed by atoms with Crippen LogP contribution in [-0.2, 0) is 17.6 Å². The van der Waals surface area contributed by atoms with Gasteiger partial charge in [-0.3, -0.25) is 4.79 Å². The van der Waals surface area contributed by atoms with Gasteiger partial charge in [-0.1, -0.05) is 48.0 Å². The molecule has 0 saturated heterocycles. The number of fused-ring (bicyclic) bond motifs is 1. The van der Waals surface area contributed by atoms with Crippen molar-refractivity contribution in [2.45, 2.75) is 57.8 Å². The van der Waals surface area contributed by atoms with Crippen molar-refractivity contribution >= 4 is 12.0 Å². The van der Waals surface area contributed by atoms with Crippen molar-refractivity contribution in [2.75, 3.05) is 6.61 Å². The highest BCUT2D eigenvalue weighted by molar-refractivity contribution is 5.66. The van der Waals surface area contributed by atoms with E-state index >= 15 is 0 Å².